The average Bonchev–Trinajstić information content (AvgIpc) is 3.13. The molecule has 0 unspecified atom stereocenters. The molecule has 0 radical (unpaired) electrons. The Morgan fingerprint density at radius 1 is 1.17 bits per heavy atom. The van der Waals surface area contributed by atoms with Gasteiger partial charge in [0.25, 0.3) is 0 Å². The predicted molar refractivity (Wildman–Crippen MR) is 108 cm³/mol. The molecule has 0 spiro atoms. The van der Waals surface area contributed by atoms with Crippen molar-refractivity contribution < 1.29 is 17.7 Å². The third-order valence-corrected chi connectivity index (χ3v) is 6.16. The van der Waals surface area contributed by atoms with Crippen molar-refractivity contribution >= 4 is 21.4 Å². The highest BCUT2D eigenvalue weighted by Crippen LogP contribution is 2.26. The Kier molecular flexibility index (Phi) is 5.80. The van der Waals surface area contributed by atoms with Crippen LogP contribution in [0.5, 0.6) is 0 Å². The number of hydrogen-bond donors (Lipinski definition) is 1. The average molecular weight is 409 g/mol. The highest BCUT2D eigenvalue weighted by Gasteiger charge is 2.20. The van der Waals surface area contributed by atoms with Crippen LogP contribution in [0.4, 0.5) is 5.69 Å². The number of nitrogens with one attached hydrogen (secondary N) is 1. The maximum atomic E-state index is 12.8. The van der Waals surface area contributed by atoms with E-state index in [-0.39, 0.29) is 17.1 Å². The number of anilines is 1. The van der Waals surface area contributed by atoms with Crippen LogP contribution >= 0.6 is 0 Å². The van der Waals surface area contributed by atoms with Gasteiger partial charge in [-0.3, -0.25) is 4.79 Å². The zero-order chi connectivity index (χ0) is 21.0. The molecule has 0 aliphatic rings. The number of amides is 1. The van der Waals surface area contributed by atoms with Gasteiger partial charge in [-0.15, -0.1) is 0 Å². The highest BCUT2D eigenvalue weighted by atomic mass is 32.2. The van der Waals surface area contributed by atoms with E-state index in [9.17, 15) is 13.2 Å². The maximum absolute atomic E-state index is 12.8. The molecule has 3 rings (SSSR count). The summed E-state index contributed by atoms with van der Waals surface area (Å²) in [6, 6.07) is 15.1. The molecule has 1 amide bonds. The molecule has 1 N–H and O–H groups in total. The SMILES string of the molecule is Cc1cc(-c2ccc(C)c(S(=O)(=O)CCC(=O)Nc3cccc(C#N)c3)c2)on1. The first-order valence-corrected chi connectivity index (χ1v) is 10.5. The number of aromatic nitrogens is 1. The number of sulfone groups is 1. The van der Waals surface area contributed by atoms with Gasteiger partial charge >= 0.3 is 0 Å². The Balaban J connectivity index is 1.74. The van der Waals surface area contributed by atoms with E-state index in [2.05, 4.69) is 10.5 Å². The van der Waals surface area contributed by atoms with Crippen LogP contribution in [0, 0.1) is 25.2 Å². The Bertz CT molecular complexity index is 1210. The summed E-state index contributed by atoms with van der Waals surface area (Å²) in [7, 11) is -3.69. The minimum atomic E-state index is -3.69. The summed E-state index contributed by atoms with van der Waals surface area (Å²) in [5.74, 6) is -0.298. The van der Waals surface area contributed by atoms with Crippen molar-refractivity contribution in [3.63, 3.8) is 0 Å². The Morgan fingerprint density at radius 3 is 2.66 bits per heavy atom. The lowest BCUT2D eigenvalue weighted by Gasteiger charge is -2.10. The second kappa shape index (κ2) is 8.29. The van der Waals surface area contributed by atoms with Crippen molar-refractivity contribution in [3.8, 4) is 17.4 Å². The summed E-state index contributed by atoms with van der Waals surface area (Å²) in [4.78, 5) is 12.3. The topological polar surface area (TPSA) is 113 Å². The third-order valence-electron chi connectivity index (χ3n) is 4.31. The lowest BCUT2D eigenvalue weighted by atomic mass is 10.1. The number of rotatable bonds is 6. The molecule has 0 atom stereocenters. The molecular formula is C21H19N3O4S. The molecule has 7 nitrogen and oxygen atoms in total. The van der Waals surface area contributed by atoms with Crippen molar-refractivity contribution in [1.29, 1.82) is 5.26 Å². The van der Waals surface area contributed by atoms with Crippen molar-refractivity contribution in [2.24, 2.45) is 0 Å². The third kappa shape index (κ3) is 4.89. The number of nitrogens with zero attached hydrogens (tertiary/aromatic N) is 2. The monoisotopic (exact) mass is 409 g/mol. The molecule has 148 valence electrons. The van der Waals surface area contributed by atoms with Gasteiger partial charge in [0.15, 0.2) is 15.6 Å². The second-order valence-electron chi connectivity index (χ2n) is 6.62. The number of carbonyl (C=O) groups excluding carboxylic acids is 1. The summed E-state index contributed by atoms with van der Waals surface area (Å²) in [5, 5.41) is 15.4. The number of hydrogen-bond acceptors (Lipinski definition) is 6. The summed E-state index contributed by atoms with van der Waals surface area (Å²) >= 11 is 0. The molecule has 0 fully saturated rings. The minimum absolute atomic E-state index is 0.156. The normalized spacial score (nSPS) is 11.1. The molecule has 0 bridgehead atoms. The van der Waals surface area contributed by atoms with E-state index in [1.807, 2.05) is 6.07 Å². The molecule has 0 aliphatic heterocycles. The minimum Gasteiger partial charge on any atom is -0.356 e. The molecule has 0 saturated carbocycles. The fourth-order valence-corrected chi connectivity index (χ4v) is 4.35. The summed E-state index contributed by atoms with van der Waals surface area (Å²) in [6.07, 6.45) is -0.204. The van der Waals surface area contributed by atoms with E-state index < -0.39 is 15.7 Å². The van der Waals surface area contributed by atoms with Crippen LogP contribution in [0.2, 0.25) is 0 Å². The highest BCUT2D eigenvalue weighted by molar-refractivity contribution is 7.91. The Hall–Kier alpha value is -3.44. The fourth-order valence-electron chi connectivity index (χ4n) is 2.82. The van der Waals surface area contributed by atoms with E-state index in [0.29, 0.717) is 33.8 Å². The molecule has 1 aromatic heterocycles. The van der Waals surface area contributed by atoms with Gasteiger partial charge in [-0.05, 0) is 43.7 Å². The molecule has 3 aromatic rings. The van der Waals surface area contributed by atoms with E-state index in [4.69, 9.17) is 9.78 Å². The predicted octanol–water partition coefficient (Wildman–Crippen LogP) is 3.63. The second-order valence-corrected chi connectivity index (χ2v) is 8.70. The Morgan fingerprint density at radius 2 is 1.97 bits per heavy atom. The standard InChI is InChI=1S/C21H19N3O4S/c1-14-6-7-17(19-10-15(2)24-28-19)12-20(14)29(26,27)9-8-21(25)23-18-5-3-4-16(11-18)13-22/h3-7,10-12H,8-9H2,1-2H3,(H,23,25). The summed E-state index contributed by atoms with van der Waals surface area (Å²) in [6.45, 7) is 3.49. The lowest BCUT2D eigenvalue weighted by Crippen LogP contribution is -2.18. The van der Waals surface area contributed by atoms with Crippen LogP contribution in [0.25, 0.3) is 11.3 Å². The van der Waals surface area contributed by atoms with Crippen LogP contribution < -0.4 is 5.32 Å². The smallest absolute Gasteiger partial charge is 0.225 e. The largest absolute Gasteiger partial charge is 0.356 e. The molecule has 8 heteroatoms. The van der Waals surface area contributed by atoms with E-state index >= 15 is 0 Å². The first-order chi connectivity index (χ1) is 13.8. The zero-order valence-electron chi connectivity index (χ0n) is 16.0. The van der Waals surface area contributed by atoms with E-state index in [0.717, 1.165) is 0 Å². The van der Waals surface area contributed by atoms with E-state index in [1.165, 1.54) is 6.07 Å². The first kappa shape index (κ1) is 20.3. The van der Waals surface area contributed by atoms with Gasteiger partial charge in [0, 0.05) is 23.7 Å². The number of benzene rings is 2. The van der Waals surface area contributed by atoms with Crippen LogP contribution in [0.3, 0.4) is 0 Å². The quantitative estimate of drug-likeness (QED) is 0.665. The van der Waals surface area contributed by atoms with Gasteiger partial charge in [0.1, 0.15) is 0 Å². The van der Waals surface area contributed by atoms with Crippen LogP contribution in [-0.4, -0.2) is 25.2 Å². The number of aryl methyl sites for hydroxylation is 2. The summed E-state index contributed by atoms with van der Waals surface area (Å²) in [5.41, 5.74) is 2.75. The maximum Gasteiger partial charge on any atom is 0.225 e. The van der Waals surface area contributed by atoms with Crippen molar-refractivity contribution in [1.82, 2.24) is 5.16 Å². The van der Waals surface area contributed by atoms with Gasteiger partial charge in [-0.2, -0.15) is 5.26 Å². The van der Waals surface area contributed by atoms with Crippen molar-refractivity contribution in [3.05, 3.63) is 65.4 Å². The number of nitriles is 1. The van der Waals surface area contributed by atoms with Gasteiger partial charge in [-0.1, -0.05) is 23.4 Å². The summed E-state index contributed by atoms with van der Waals surface area (Å²) < 4.78 is 30.9. The van der Waals surface area contributed by atoms with Gasteiger partial charge in [0.05, 0.1) is 28.0 Å². The number of carbonyl (C=O) groups is 1. The van der Waals surface area contributed by atoms with Gasteiger partial charge in [0.2, 0.25) is 5.91 Å². The molecule has 2 aromatic carbocycles. The van der Waals surface area contributed by atoms with E-state index in [1.54, 1.807) is 56.3 Å². The molecule has 29 heavy (non-hydrogen) atoms. The van der Waals surface area contributed by atoms with Crippen LogP contribution in [0.1, 0.15) is 23.2 Å². The molecular weight excluding hydrogens is 390 g/mol. The first-order valence-electron chi connectivity index (χ1n) is 8.85. The molecule has 1 heterocycles. The van der Waals surface area contributed by atoms with Crippen LogP contribution in [-0.2, 0) is 14.6 Å². The molecule has 0 saturated heterocycles. The van der Waals surface area contributed by atoms with Gasteiger partial charge in [-0.25, -0.2) is 8.42 Å². The Labute approximate surface area is 168 Å². The van der Waals surface area contributed by atoms with Gasteiger partial charge < -0.3 is 9.84 Å². The fraction of sp³-hybridized carbons (Fsp3) is 0.190. The van der Waals surface area contributed by atoms with Crippen molar-refractivity contribution in [2.45, 2.75) is 25.2 Å². The van der Waals surface area contributed by atoms with Crippen molar-refractivity contribution in [2.75, 3.05) is 11.1 Å². The van der Waals surface area contributed by atoms with Crippen LogP contribution in [0.15, 0.2) is 57.9 Å². The lowest BCUT2D eigenvalue weighted by molar-refractivity contribution is -0.115. The zero-order valence-corrected chi connectivity index (χ0v) is 16.8. The molecule has 0 aliphatic carbocycles.